The molecule has 9 aromatic rings. The zero-order chi connectivity index (χ0) is 75.0. The van der Waals surface area contributed by atoms with Crippen LogP contribution in [0, 0.1) is 19.7 Å². The van der Waals surface area contributed by atoms with Crippen molar-refractivity contribution in [2.24, 2.45) is 0 Å². The van der Waals surface area contributed by atoms with E-state index in [0.717, 1.165) is 40.8 Å². The van der Waals surface area contributed by atoms with E-state index in [1.807, 2.05) is 30.3 Å². The summed E-state index contributed by atoms with van der Waals surface area (Å²) in [6, 6.07) is 29.3. The zero-order valence-corrected chi connectivity index (χ0v) is 51.5. The fourth-order valence-electron chi connectivity index (χ4n) is 10.5. The molecule has 0 spiro atoms. The van der Waals surface area contributed by atoms with E-state index in [0.29, 0.717) is 62.1 Å². The summed E-state index contributed by atoms with van der Waals surface area (Å²) in [7, 11) is 0. The minimum atomic E-state index is -1.71. The minimum absolute atomic E-state index is 0.0215. The van der Waals surface area contributed by atoms with Crippen molar-refractivity contribution in [3.8, 4) is 85.8 Å². The Balaban J connectivity index is 0.000000166. The Kier molecular flexibility index (Phi) is 16.0. The van der Waals surface area contributed by atoms with Crippen LogP contribution in [0.2, 0.25) is 0 Å². The third kappa shape index (κ3) is 14.6. The van der Waals surface area contributed by atoms with Crippen LogP contribution in [-0.2, 0) is 19.3 Å². The number of hydrogen-bond acceptors (Lipinski definition) is 15. The van der Waals surface area contributed by atoms with Gasteiger partial charge in [0.05, 0.1) is 42.1 Å². The van der Waals surface area contributed by atoms with Crippen LogP contribution in [-0.4, -0.2) is 68.2 Å². The molecule has 0 fully saturated rings. The van der Waals surface area contributed by atoms with Crippen molar-refractivity contribution in [3.05, 3.63) is 177 Å². The third-order valence-electron chi connectivity index (χ3n) is 14.4. The van der Waals surface area contributed by atoms with Crippen LogP contribution in [0.3, 0.4) is 0 Å². The summed E-state index contributed by atoms with van der Waals surface area (Å²) in [5.74, 6) is 2.52. The first kappa shape index (κ1) is 48.4. The van der Waals surface area contributed by atoms with Gasteiger partial charge in [0.2, 0.25) is 34.5 Å². The van der Waals surface area contributed by atoms with Gasteiger partial charge in [-0.15, -0.1) is 0 Å². The number of hydrogen-bond donors (Lipinski definition) is 3. The number of ether oxygens (including phenoxy) is 3. The summed E-state index contributed by atoms with van der Waals surface area (Å²) >= 11 is 0. The third-order valence-corrected chi connectivity index (χ3v) is 14.4. The maximum absolute atomic E-state index is 8.53. The fraction of sp³-hybridized carbons (Fsp3) is 0.375. The highest BCUT2D eigenvalue weighted by atomic mass is 16.5. The second kappa shape index (κ2) is 29.7. The van der Waals surface area contributed by atoms with E-state index in [2.05, 4.69) is 67.8 Å². The molecule has 0 saturated carbocycles. The Morgan fingerprint density at radius 2 is 0.844 bits per heavy atom. The highest BCUT2D eigenvalue weighted by Crippen LogP contribution is 2.42. The maximum Gasteiger partial charge on any atom is 0.256 e. The number of rotatable bonds is 21. The van der Waals surface area contributed by atoms with Gasteiger partial charge in [0.1, 0.15) is 17.2 Å². The van der Waals surface area contributed by atoms with Gasteiger partial charge in [0, 0.05) is 65.2 Å². The highest BCUT2D eigenvalue weighted by Gasteiger charge is 2.30. The predicted octanol–water partition coefficient (Wildman–Crippen LogP) is 17.2. The zero-order valence-electron chi connectivity index (χ0n) is 64.5. The monoisotopic (exact) mass is 1220 g/mol. The Labute approximate surface area is 545 Å². The van der Waals surface area contributed by atoms with Crippen molar-refractivity contribution in [1.29, 1.82) is 0 Å². The quantitative estimate of drug-likeness (QED) is 0.0575. The predicted molar refractivity (Wildman–Crippen MR) is 350 cm³/mol. The van der Waals surface area contributed by atoms with Crippen molar-refractivity contribution < 1.29 is 45.6 Å². The van der Waals surface area contributed by atoms with E-state index in [4.69, 9.17) is 65.3 Å². The van der Waals surface area contributed by atoms with Crippen LogP contribution in [0.15, 0.2) is 123 Å². The van der Waals surface area contributed by atoms with Crippen LogP contribution in [0.4, 0.5) is 17.1 Å². The molecule has 0 amide bonds. The van der Waals surface area contributed by atoms with Crippen molar-refractivity contribution in [2.75, 3.05) is 19.6 Å². The SMILES string of the molecule is [2H]C(C)(C)Oc1ccc(-c2nc(-c3cccc4c3CC([2H])([2H])[C@@H]4NCCC)no2)cc1[N+]#[C-].[2H]C([2H])(C)CN[C@@H]1c2cccc(-c3noc(-c4ccc(OC([2H])(C)C)c([N+]#[C-])c4)n3)c2CC1([2H])[2H].[2H]C([2H])(CC)N[C@@H]1c2cccc(-c3noc(-c4ccc(OC([2H])(C)C)c([N+]#[C-])c4)n3)c2CC1([2H])[2H]. The first-order valence-electron chi connectivity index (χ1n) is 36.0. The molecule has 462 valence electrons. The van der Waals surface area contributed by atoms with Gasteiger partial charge in [-0.2, -0.15) is 15.0 Å². The normalized spacial score (nSPS) is 19.7. The molecule has 18 nitrogen and oxygen atoms in total. The van der Waals surface area contributed by atoms with Crippen molar-refractivity contribution in [1.82, 2.24) is 46.4 Å². The van der Waals surface area contributed by atoms with E-state index < -0.39 is 62.3 Å². The minimum Gasteiger partial charge on any atom is -0.502 e. The average molecular weight is 1220 g/mol. The molecule has 18 heteroatoms. The van der Waals surface area contributed by atoms with Gasteiger partial charge in [0.25, 0.3) is 17.7 Å². The molecule has 3 aliphatic carbocycles. The van der Waals surface area contributed by atoms with Crippen LogP contribution in [0.5, 0.6) is 17.2 Å². The van der Waals surface area contributed by atoms with Gasteiger partial charge in [-0.05, 0) is 207 Å². The van der Waals surface area contributed by atoms with Gasteiger partial charge < -0.3 is 43.7 Å². The van der Waals surface area contributed by atoms with Gasteiger partial charge in [-0.25, -0.2) is 14.5 Å². The number of nitrogens with zero attached hydrogens (tertiary/aromatic N) is 9. The number of fused-ring (bicyclic) bond motifs is 3. The van der Waals surface area contributed by atoms with Crippen molar-refractivity contribution >= 4 is 17.1 Å². The molecular weight excluding hydrogens is 1130 g/mol. The smallest absolute Gasteiger partial charge is 0.256 e. The van der Waals surface area contributed by atoms with Gasteiger partial charge in [0.15, 0.2) is 0 Å². The molecule has 3 aromatic heterocycles. The molecular formula is C72H78N12O6. The molecule has 3 atom stereocenters. The van der Waals surface area contributed by atoms with E-state index >= 15 is 0 Å². The lowest BCUT2D eigenvalue weighted by Gasteiger charge is -2.13. The Bertz CT molecular complexity index is 4720. The second-order valence-electron chi connectivity index (χ2n) is 21.6. The van der Waals surface area contributed by atoms with Gasteiger partial charge in [-0.1, -0.05) is 90.8 Å². The van der Waals surface area contributed by atoms with E-state index in [9.17, 15) is 0 Å². The van der Waals surface area contributed by atoms with Crippen LogP contribution < -0.4 is 30.2 Å². The van der Waals surface area contributed by atoms with Gasteiger partial charge >= 0.3 is 0 Å². The Morgan fingerprint density at radius 3 is 1.16 bits per heavy atom. The van der Waals surface area contributed by atoms with Crippen LogP contribution >= 0.6 is 0 Å². The molecule has 3 aliphatic rings. The molecule has 6 aromatic carbocycles. The Morgan fingerprint density at radius 1 is 0.500 bits per heavy atom. The summed E-state index contributed by atoms with van der Waals surface area (Å²) in [5.41, 5.74) is 9.00. The number of nitrogens with one attached hydrogen (secondary N) is 3. The number of aromatic nitrogens is 6. The number of benzene rings is 6. The lowest BCUT2D eigenvalue weighted by Crippen LogP contribution is -2.19. The summed E-state index contributed by atoms with van der Waals surface area (Å²) in [4.78, 5) is 24.0. The average Bonchev–Trinajstić information content (AvgIpc) is 1.61. The molecule has 0 unspecified atom stereocenters. The summed E-state index contributed by atoms with van der Waals surface area (Å²) in [5, 5.41) is 21.6. The lowest BCUT2D eigenvalue weighted by molar-refractivity contribution is 0.244. The summed E-state index contributed by atoms with van der Waals surface area (Å²) in [6.07, 6.45) is -8.13. The standard InChI is InChI=1S/3C24H26N4O2/c3*1-5-13-26-20-11-10-17-18(20)7-6-8-19(17)23-27-24(30-28-23)16-9-12-22(29-15(2)3)21(14-16)25-4/h3*6-9,12,14-15,20,26H,5,10-11,13H2,1-3H3/t3*20-/m000/s1/i11D2,13D2,15D;5D2,11D2,15D;11D2,15D. The first-order valence-corrected chi connectivity index (χ1v) is 29.5. The summed E-state index contributed by atoms with van der Waals surface area (Å²) in [6.45, 7) is 36.2. The molecule has 3 N–H and O–H groups in total. The largest absolute Gasteiger partial charge is 0.502 e. The molecule has 0 saturated heterocycles. The van der Waals surface area contributed by atoms with E-state index in [1.54, 1.807) is 127 Å². The molecule has 0 aliphatic heterocycles. The van der Waals surface area contributed by atoms with Crippen LogP contribution in [0.1, 0.15) is 170 Å². The van der Waals surface area contributed by atoms with E-state index in [1.165, 1.54) is 6.92 Å². The molecule has 90 heavy (non-hydrogen) atoms. The van der Waals surface area contributed by atoms with Crippen molar-refractivity contribution in [3.63, 3.8) is 0 Å². The Hall–Kier alpha value is -9.51. The first-order chi connectivity index (χ1) is 48.2. The lowest BCUT2D eigenvalue weighted by atomic mass is 10.0. The molecule has 12 rings (SSSR count). The van der Waals surface area contributed by atoms with Crippen molar-refractivity contribution in [2.45, 2.75) is 156 Å². The fourth-order valence-corrected chi connectivity index (χ4v) is 10.5. The molecule has 3 heterocycles. The van der Waals surface area contributed by atoms with Gasteiger partial charge in [-0.3, -0.25) is 0 Å². The molecule has 0 radical (unpaired) electrons. The van der Waals surface area contributed by atoms with Crippen LogP contribution in [0.25, 0.3) is 83.1 Å². The topological polar surface area (TPSA) is 194 Å². The van der Waals surface area contributed by atoms with E-state index in [-0.39, 0.29) is 84.6 Å². The molecule has 0 bridgehead atoms. The maximum atomic E-state index is 8.53. The second-order valence-corrected chi connectivity index (χ2v) is 21.6. The highest BCUT2D eigenvalue weighted by molar-refractivity contribution is 5.74. The summed E-state index contributed by atoms with van der Waals surface area (Å²) < 4.78 is 140.